The van der Waals surface area contributed by atoms with Crippen LogP contribution in [0.2, 0.25) is 0 Å². The summed E-state index contributed by atoms with van der Waals surface area (Å²) in [4.78, 5) is 21.4. The Morgan fingerprint density at radius 2 is 1.33 bits per heavy atom. The van der Waals surface area contributed by atoms with Gasteiger partial charge in [-0.25, -0.2) is 0 Å². The molecule has 4 aromatic rings. The van der Waals surface area contributed by atoms with Gasteiger partial charge in [-0.05, 0) is 44.8 Å². The van der Waals surface area contributed by atoms with E-state index in [0.717, 1.165) is 31.3 Å². The lowest BCUT2D eigenvalue weighted by molar-refractivity contribution is -0.121. The van der Waals surface area contributed by atoms with Crippen LogP contribution in [-0.4, -0.2) is 15.8 Å². The molecule has 0 fully saturated rings. The molecule has 0 aromatic carbocycles. The summed E-state index contributed by atoms with van der Waals surface area (Å²) in [5, 5.41) is 6.47. The van der Waals surface area contributed by atoms with Gasteiger partial charge in [0.05, 0.1) is 9.40 Å². The van der Waals surface area contributed by atoms with E-state index < -0.39 is 0 Å². The van der Waals surface area contributed by atoms with Gasteiger partial charge in [-0.3, -0.25) is 14.8 Å². The number of hydrogen-bond acceptors (Lipinski definition) is 5. The van der Waals surface area contributed by atoms with E-state index in [-0.39, 0.29) is 17.6 Å². The monoisotopic (exact) mass is 352 g/mol. The van der Waals surface area contributed by atoms with Crippen LogP contribution in [0.1, 0.15) is 36.8 Å². The minimum Gasteiger partial charge on any atom is -0.298 e. The predicted molar refractivity (Wildman–Crippen MR) is 101 cm³/mol. The van der Waals surface area contributed by atoms with Crippen molar-refractivity contribution >= 4 is 48.6 Å². The fourth-order valence-electron chi connectivity index (χ4n) is 3.16. The molecule has 0 aliphatic rings. The van der Waals surface area contributed by atoms with Crippen LogP contribution < -0.4 is 0 Å². The average Bonchev–Trinajstić information content (AvgIpc) is 3.24. The molecule has 0 spiro atoms. The number of hydrogen-bond donors (Lipinski definition) is 0. The number of carbonyl (C=O) groups is 1. The molecule has 2 unspecified atom stereocenters. The van der Waals surface area contributed by atoms with Crippen LogP contribution in [0, 0.1) is 0 Å². The molecule has 0 aliphatic heterocycles. The molecule has 120 valence electrons. The molecule has 4 heterocycles. The van der Waals surface area contributed by atoms with Gasteiger partial charge >= 0.3 is 0 Å². The highest BCUT2D eigenvalue weighted by Gasteiger charge is 2.26. The van der Waals surface area contributed by atoms with E-state index >= 15 is 0 Å². The number of aromatic nitrogens is 2. The molecule has 4 rings (SSSR count). The van der Waals surface area contributed by atoms with Gasteiger partial charge in [-0.2, -0.15) is 0 Å². The Morgan fingerprint density at radius 1 is 0.875 bits per heavy atom. The molecule has 0 aliphatic carbocycles. The van der Waals surface area contributed by atoms with Crippen molar-refractivity contribution in [3.05, 3.63) is 58.8 Å². The molecule has 4 aromatic heterocycles. The van der Waals surface area contributed by atoms with Gasteiger partial charge in [0.1, 0.15) is 5.78 Å². The highest BCUT2D eigenvalue weighted by atomic mass is 32.1. The third kappa shape index (κ3) is 2.44. The normalized spacial score (nSPS) is 14.1. The Hall–Kier alpha value is -2.11. The Morgan fingerprint density at radius 3 is 1.79 bits per heavy atom. The first-order chi connectivity index (χ1) is 11.7. The molecule has 2 atom stereocenters. The fraction of sp³-hybridized carbons (Fsp3) is 0.211. The molecule has 0 amide bonds. The van der Waals surface area contributed by atoms with Crippen molar-refractivity contribution in [1.29, 1.82) is 0 Å². The van der Waals surface area contributed by atoms with Crippen LogP contribution in [0.15, 0.2) is 47.7 Å². The number of pyridine rings is 2. The minimum absolute atomic E-state index is 0.132. The maximum Gasteiger partial charge on any atom is 0.147 e. The highest BCUT2D eigenvalue weighted by molar-refractivity contribution is 7.17. The summed E-state index contributed by atoms with van der Waals surface area (Å²) in [6.45, 7) is 4.02. The van der Waals surface area contributed by atoms with E-state index in [2.05, 4.69) is 20.7 Å². The third-order valence-electron chi connectivity index (χ3n) is 4.60. The second kappa shape index (κ2) is 6.07. The summed E-state index contributed by atoms with van der Waals surface area (Å²) >= 11 is 3.30. The zero-order chi connectivity index (χ0) is 16.7. The van der Waals surface area contributed by atoms with Crippen LogP contribution in [0.3, 0.4) is 0 Å². The molecule has 3 nitrogen and oxygen atoms in total. The SMILES string of the molecule is CC(C(=O)C(C)c1csc2cnccc12)c1csc2cnccc12. The largest absolute Gasteiger partial charge is 0.298 e. The second-order valence-electron chi connectivity index (χ2n) is 5.97. The summed E-state index contributed by atoms with van der Waals surface area (Å²) in [5.41, 5.74) is 2.21. The van der Waals surface area contributed by atoms with E-state index in [1.54, 1.807) is 35.1 Å². The second-order valence-corrected chi connectivity index (χ2v) is 7.79. The van der Waals surface area contributed by atoms with E-state index in [9.17, 15) is 4.79 Å². The van der Waals surface area contributed by atoms with Crippen molar-refractivity contribution in [2.45, 2.75) is 25.7 Å². The first kappa shape index (κ1) is 15.4. The maximum absolute atomic E-state index is 13.1. The van der Waals surface area contributed by atoms with Crippen LogP contribution in [0.4, 0.5) is 0 Å². The van der Waals surface area contributed by atoms with Gasteiger partial charge in [0, 0.05) is 36.6 Å². The van der Waals surface area contributed by atoms with Crippen LogP contribution >= 0.6 is 22.7 Å². The van der Waals surface area contributed by atoms with Crippen LogP contribution in [-0.2, 0) is 4.79 Å². The summed E-state index contributed by atoms with van der Waals surface area (Å²) in [6, 6.07) is 4.00. The number of carbonyl (C=O) groups excluding carboxylic acids is 1. The van der Waals surface area contributed by atoms with Crippen molar-refractivity contribution in [2.24, 2.45) is 0 Å². The molecular formula is C19H16N2OS2. The third-order valence-corrected chi connectivity index (χ3v) is 6.51. The summed E-state index contributed by atoms with van der Waals surface area (Å²) in [7, 11) is 0. The summed E-state index contributed by atoms with van der Waals surface area (Å²) in [5.74, 6) is -0.0103. The number of rotatable bonds is 4. The molecule has 0 radical (unpaired) electrons. The van der Waals surface area contributed by atoms with Gasteiger partial charge < -0.3 is 0 Å². The molecule has 0 N–H and O–H groups in total. The number of nitrogens with zero attached hydrogens (tertiary/aromatic N) is 2. The first-order valence-corrected chi connectivity index (χ1v) is 9.58. The van der Waals surface area contributed by atoms with Crippen LogP contribution in [0.25, 0.3) is 20.2 Å². The fourth-order valence-corrected chi connectivity index (χ4v) is 5.20. The Bertz CT molecular complexity index is 952. The molecule has 24 heavy (non-hydrogen) atoms. The van der Waals surface area contributed by atoms with E-state index in [1.807, 2.05) is 38.4 Å². The Kier molecular flexibility index (Phi) is 3.90. The van der Waals surface area contributed by atoms with Gasteiger partial charge in [0.15, 0.2) is 0 Å². The summed E-state index contributed by atoms with van der Waals surface area (Å²) < 4.78 is 2.26. The lowest BCUT2D eigenvalue weighted by Crippen LogP contribution is -2.16. The number of thiophene rings is 2. The molecule has 0 saturated carbocycles. The number of fused-ring (bicyclic) bond motifs is 2. The minimum atomic E-state index is -0.132. The number of Topliss-reactive ketones (excluding diaryl/α,β-unsaturated/α-hetero) is 1. The quantitative estimate of drug-likeness (QED) is 0.495. The Labute approximate surface area is 148 Å². The zero-order valence-electron chi connectivity index (χ0n) is 13.4. The topological polar surface area (TPSA) is 42.9 Å². The van der Waals surface area contributed by atoms with Gasteiger partial charge in [0.2, 0.25) is 0 Å². The smallest absolute Gasteiger partial charge is 0.147 e. The van der Waals surface area contributed by atoms with Crippen molar-refractivity contribution in [1.82, 2.24) is 9.97 Å². The molecule has 0 bridgehead atoms. The maximum atomic E-state index is 13.1. The lowest BCUT2D eigenvalue weighted by atomic mass is 9.86. The molecule has 5 heteroatoms. The van der Waals surface area contributed by atoms with E-state index in [0.29, 0.717) is 0 Å². The lowest BCUT2D eigenvalue weighted by Gasteiger charge is -2.16. The summed E-state index contributed by atoms with van der Waals surface area (Å²) in [6.07, 6.45) is 7.31. The zero-order valence-corrected chi connectivity index (χ0v) is 15.0. The average molecular weight is 352 g/mol. The standard InChI is InChI=1S/C19H16N2OS2/c1-11(15-9-23-17-7-20-5-3-13(15)17)19(22)12(2)16-10-24-18-8-21-6-4-14(16)18/h3-12H,1-2H3. The van der Waals surface area contributed by atoms with Crippen molar-refractivity contribution in [3.8, 4) is 0 Å². The van der Waals surface area contributed by atoms with Gasteiger partial charge in [-0.1, -0.05) is 13.8 Å². The van der Waals surface area contributed by atoms with Crippen molar-refractivity contribution in [2.75, 3.05) is 0 Å². The Balaban J connectivity index is 1.70. The molecule has 0 saturated heterocycles. The van der Waals surface area contributed by atoms with Gasteiger partial charge in [-0.15, -0.1) is 22.7 Å². The van der Waals surface area contributed by atoms with Gasteiger partial charge in [0.25, 0.3) is 0 Å². The van der Waals surface area contributed by atoms with Crippen molar-refractivity contribution in [3.63, 3.8) is 0 Å². The van der Waals surface area contributed by atoms with E-state index in [4.69, 9.17) is 0 Å². The first-order valence-electron chi connectivity index (χ1n) is 7.82. The van der Waals surface area contributed by atoms with Crippen molar-refractivity contribution < 1.29 is 4.79 Å². The predicted octanol–water partition coefficient (Wildman–Crippen LogP) is 5.38. The molecular weight excluding hydrogens is 336 g/mol. The van der Waals surface area contributed by atoms with Crippen LogP contribution in [0.5, 0.6) is 0 Å². The number of ketones is 1. The highest BCUT2D eigenvalue weighted by Crippen LogP contribution is 2.37. The van der Waals surface area contributed by atoms with E-state index in [1.165, 1.54) is 0 Å².